The van der Waals surface area contributed by atoms with Crippen molar-refractivity contribution in [1.29, 1.82) is 0 Å². The monoisotopic (exact) mass is 424 g/mol. The Hall–Kier alpha value is -2.06. The maximum absolute atomic E-state index is 12.7. The third-order valence-electron chi connectivity index (χ3n) is 3.81. The van der Waals surface area contributed by atoms with Crippen molar-refractivity contribution >= 4 is 35.2 Å². The Morgan fingerprint density at radius 1 is 1.25 bits per heavy atom. The van der Waals surface area contributed by atoms with Crippen LogP contribution in [0.5, 0.6) is 0 Å². The number of carbonyl (C=O) groups excluding carboxylic acids is 2. The molecule has 1 aromatic carbocycles. The fourth-order valence-corrected chi connectivity index (χ4v) is 3.49. The van der Waals surface area contributed by atoms with Crippen LogP contribution in [0.4, 0.5) is 0 Å². The highest BCUT2D eigenvalue weighted by Gasteiger charge is 2.25. The van der Waals surface area contributed by atoms with Crippen molar-refractivity contribution in [3.05, 3.63) is 40.9 Å². The van der Waals surface area contributed by atoms with Gasteiger partial charge in [-0.15, -0.1) is 16.9 Å². The lowest BCUT2D eigenvalue weighted by Gasteiger charge is -2.20. The predicted molar refractivity (Wildman–Crippen MR) is 109 cm³/mol. The van der Waals surface area contributed by atoms with Crippen molar-refractivity contribution < 1.29 is 14.3 Å². The van der Waals surface area contributed by atoms with Crippen molar-refractivity contribution in [3.63, 3.8) is 0 Å². The Morgan fingerprint density at radius 3 is 2.54 bits per heavy atom. The van der Waals surface area contributed by atoms with Gasteiger partial charge in [-0.3, -0.25) is 9.89 Å². The number of nitrogens with one attached hydrogen (secondary N) is 2. The van der Waals surface area contributed by atoms with E-state index in [1.807, 2.05) is 32.9 Å². The van der Waals surface area contributed by atoms with Gasteiger partial charge in [0.05, 0.1) is 17.9 Å². The average Bonchev–Trinajstić information content (AvgIpc) is 3.13. The molecule has 0 saturated heterocycles. The van der Waals surface area contributed by atoms with Crippen LogP contribution < -0.4 is 5.32 Å². The van der Waals surface area contributed by atoms with Crippen LogP contribution in [-0.2, 0) is 9.53 Å². The molecule has 0 aliphatic rings. The molecule has 152 valence electrons. The van der Waals surface area contributed by atoms with Gasteiger partial charge in [0.15, 0.2) is 0 Å². The molecule has 2 aromatic rings. The molecule has 2 rings (SSSR count). The van der Waals surface area contributed by atoms with Crippen molar-refractivity contribution in [2.24, 2.45) is 5.92 Å². The molecule has 0 saturated carbocycles. The molecule has 9 heteroatoms. The summed E-state index contributed by atoms with van der Waals surface area (Å²) in [6.07, 6.45) is 0.654. The van der Waals surface area contributed by atoms with Gasteiger partial charge in [-0.1, -0.05) is 25.4 Å². The number of thioether (sulfide) groups is 1. The first-order valence-electron chi connectivity index (χ1n) is 9.12. The van der Waals surface area contributed by atoms with Gasteiger partial charge in [0.1, 0.15) is 5.82 Å². The van der Waals surface area contributed by atoms with Crippen LogP contribution in [0.3, 0.4) is 0 Å². The van der Waals surface area contributed by atoms with E-state index in [0.717, 1.165) is 4.90 Å². The van der Waals surface area contributed by atoms with Crippen LogP contribution in [0.2, 0.25) is 5.02 Å². The molecule has 0 bridgehead atoms. The van der Waals surface area contributed by atoms with E-state index in [-0.39, 0.29) is 29.6 Å². The van der Waals surface area contributed by atoms with E-state index in [9.17, 15) is 9.59 Å². The molecular weight excluding hydrogens is 400 g/mol. The smallest absolute Gasteiger partial charge is 0.378 e. The zero-order chi connectivity index (χ0) is 20.7. The minimum atomic E-state index is -0.591. The topological polar surface area (TPSA) is 97.0 Å². The molecule has 0 fully saturated rings. The molecule has 2 N–H and O–H groups in total. The molecule has 2 atom stereocenters. The lowest BCUT2D eigenvalue weighted by atomic mass is 10.0. The molecular formula is C19H25ClN4O3S. The second kappa shape index (κ2) is 10.5. The SMILES string of the molecule is CCOC(=O)c1n[nH]c([C@@H](CC(C)C)NC(=O)[C@@H](C)Sc2ccc(Cl)cc2)n1. The Morgan fingerprint density at radius 2 is 1.93 bits per heavy atom. The highest BCUT2D eigenvalue weighted by molar-refractivity contribution is 8.00. The Balaban J connectivity index is 2.07. The number of halogens is 1. The second-order valence-corrected chi connectivity index (χ2v) is 8.52. The molecule has 0 aliphatic carbocycles. The number of nitrogens with zero attached hydrogens (tertiary/aromatic N) is 2. The first-order valence-corrected chi connectivity index (χ1v) is 10.4. The summed E-state index contributed by atoms with van der Waals surface area (Å²) in [4.78, 5) is 29.7. The summed E-state index contributed by atoms with van der Waals surface area (Å²) >= 11 is 7.34. The fraction of sp³-hybridized carbons (Fsp3) is 0.474. The van der Waals surface area contributed by atoms with Gasteiger partial charge in [0, 0.05) is 9.92 Å². The Labute approximate surface area is 174 Å². The standard InChI is InChI=1S/C19H25ClN4O3S/c1-5-27-19(26)17-22-16(23-24-17)15(10-11(2)3)21-18(25)12(4)28-14-8-6-13(20)7-9-14/h6-9,11-12,15H,5,10H2,1-4H3,(H,21,25)(H,22,23,24)/t12-,15-/m1/s1. The molecule has 1 amide bonds. The summed E-state index contributed by atoms with van der Waals surface area (Å²) in [5.41, 5.74) is 0. The van der Waals surface area contributed by atoms with E-state index < -0.39 is 5.97 Å². The van der Waals surface area contributed by atoms with Gasteiger partial charge in [0.25, 0.3) is 5.82 Å². The van der Waals surface area contributed by atoms with Gasteiger partial charge < -0.3 is 10.1 Å². The quantitative estimate of drug-likeness (QED) is 0.466. The number of aromatic amines is 1. The number of amides is 1. The van der Waals surface area contributed by atoms with Crippen molar-refractivity contribution in [2.75, 3.05) is 6.61 Å². The van der Waals surface area contributed by atoms with Crippen LogP contribution in [0, 0.1) is 5.92 Å². The largest absolute Gasteiger partial charge is 0.460 e. The Kier molecular flexibility index (Phi) is 8.32. The maximum Gasteiger partial charge on any atom is 0.378 e. The molecule has 28 heavy (non-hydrogen) atoms. The summed E-state index contributed by atoms with van der Waals surface area (Å²) in [6.45, 7) is 7.90. The number of hydrogen-bond donors (Lipinski definition) is 2. The number of carbonyl (C=O) groups is 2. The summed E-state index contributed by atoms with van der Waals surface area (Å²) < 4.78 is 4.91. The van der Waals surface area contributed by atoms with E-state index in [2.05, 4.69) is 20.5 Å². The third-order valence-corrected chi connectivity index (χ3v) is 5.17. The summed E-state index contributed by atoms with van der Waals surface area (Å²) in [7, 11) is 0. The number of H-pyrrole nitrogens is 1. The molecule has 0 radical (unpaired) electrons. The third kappa shape index (κ3) is 6.53. The molecule has 0 spiro atoms. The predicted octanol–water partition coefficient (Wildman–Crippen LogP) is 4.02. The van der Waals surface area contributed by atoms with Gasteiger partial charge in [-0.2, -0.15) is 0 Å². The molecule has 0 aliphatic heterocycles. The number of benzene rings is 1. The van der Waals surface area contributed by atoms with Crippen LogP contribution in [0.15, 0.2) is 29.2 Å². The zero-order valence-corrected chi connectivity index (χ0v) is 17.9. The van der Waals surface area contributed by atoms with Crippen LogP contribution >= 0.6 is 23.4 Å². The average molecular weight is 425 g/mol. The van der Waals surface area contributed by atoms with Crippen LogP contribution in [0.1, 0.15) is 56.6 Å². The maximum atomic E-state index is 12.7. The number of aromatic nitrogens is 3. The minimum Gasteiger partial charge on any atom is -0.460 e. The van der Waals surface area contributed by atoms with Gasteiger partial charge in [-0.05, 0) is 50.5 Å². The van der Waals surface area contributed by atoms with Gasteiger partial charge >= 0.3 is 5.97 Å². The van der Waals surface area contributed by atoms with Gasteiger partial charge in [-0.25, -0.2) is 9.78 Å². The summed E-state index contributed by atoms with van der Waals surface area (Å²) in [5.74, 6) is -0.0103. The molecule has 1 aromatic heterocycles. The van der Waals surface area contributed by atoms with Crippen LogP contribution in [0.25, 0.3) is 0 Å². The normalized spacial score (nSPS) is 13.2. The Bertz CT molecular complexity index is 795. The molecule has 1 heterocycles. The van der Waals surface area contributed by atoms with E-state index in [1.54, 1.807) is 19.1 Å². The molecule has 0 unspecified atom stereocenters. The lowest BCUT2D eigenvalue weighted by Crippen LogP contribution is -2.35. The molecule has 7 nitrogen and oxygen atoms in total. The zero-order valence-electron chi connectivity index (χ0n) is 16.4. The fourth-order valence-electron chi connectivity index (χ4n) is 2.49. The number of esters is 1. The summed E-state index contributed by atoms with van der Waals surface area (Å²) in [6, 6.07) is 6.97. The van der Waals surface area contributed by atoms with Crippen molar-refractivity contribution in [3.8, 4) is 0 Å². The minimum absolute atomic E-state index is 0.0385. The van der Waals surface area contributed by atoms with Crippen LogP contribution in [-0.4, -0.2) is 38.9 Å². The number of hydrogen-bond acceptors (Lipinski definition) is 6. The highest BCUT2D eigenvalue weighted by Crippen LogP contribution is 2.26. The highest BCUT2D eigenvalue weighted by atomic mass is 35.5. The summed E-state index contributed by atoms with van der Waals surface area (Å²) in [5, 5.41) is 10.0. The number of rotatable bonds is 9. The van der Waals surface area contributed by atoms with E-state index in [1.165, 1.54) is 11.8 Å². The van der Waals surface area contributed by atoms with Crippen molar-refractivity contribution in [2.45, 2.75) is 50.3 Å². The second-order valence-electron chi connectivity index (χ2n) is 6.67. The first-order chi connectivity index (χ1) is 13.3. The van der Waals surface area contributed by atoms with E-state index in [0.29, 0.717) is 23.2 Å². The van der Waals surface area contributed by atoms with E-state index in [4.69, 9.17) is 16.3 Å². The lowest BCUT2D eigenvalue weighted by molar-refractivity contribution is -0.121. The first kappa shape index (κ1) is 22.2. The van der Waals surface area contributed by atoms with E-state index >= 15 is 0 Å². The van der Waals surface area contributed by atoms with Crippen molar-refractivity contribution in [1.82, 2.24) is 20.5 Å². The number of ether oxygens (including phenoxy) is 1. The van der Waals surface area contributed by atoms with Gasteiger partial charge in [0.2, 0.25) is 5.91 Å².